The van der Waals surface area contributed by atoms with E-state index in [4.69, 9.17) is 14.0 Å². The van der Waals surface area contributed by atoms with E-state index in [1.54, 1.807) is 32.4 Å². The van der Waals surface area contributed by atoms with Crippen LogP contribution in [0.4, 0.5) is 11.4 Å². The lowest BCUT2D eigenvalue weighted by molar-refractivity contribution is -0.384. The Labute approximate surface area is 160 Å². The highest BCUT2D eigenvalue weighted by Crippen LogP contribution is 2.26. The summed E-state index contributed by atoms with van der Waals surface area (Å²) in [6, 6.07) is 13.0. The fourth-order valence-electron chi connectivity index (χ4n) is 2.52. The Hall–Kier alpha value is -3.88. The molecule has 9 heteroatoms. The fourth-order valence-corrected chi connectivity index (χ4v) is 2.52. The van der Waals surface area contributed by atoms with Crippen molar-refractivity contribution >= 4 is 17.3 Å². The van der Waals surface area contributed by atoms with Crippen molar-refractivity contribution in [2.45, 2.75) is 6.61 Å². The van der Waals surface area contributed by atoms with Crippen LogP contribution in [0.5, 0.6) is 5.75 Å². The highest BCUT2D eigenvalue weighted by molar-refractivity contribution is 5.91. The number of hydrogen-bond acceptors (Lipinski definition) is 8. The van der Waals surface area contributed by atoms with Crippen LogP contribution >= 0.6 is 0 Å². The topological polar surface area (TPSA) is 117 Å². The second kappa shape index (κ2) is 8.21. The summed E-state index contributed by atoms with van der Waals surface area (Å²) in [6.07, 6.45) is 0. The number of carbonyl (C=O) groups is 1. The predicted molar refractivity (Wildman–Crippen MR) is 100 cm³/mol. The third kappa shape index (κ3) is 4.09. The van der Waals surface area contributed by atoms with Crippen LogP contribution in [0.25, 0.3) is 11.3 Å². The van der Waals surface area contributed by atoms with Crippen LogP contribution in [0.3, 0.4) is 0 Å². The minimum atomic E-state index is -0.701. The molecule has 0 saturated heterocycles. The highest BCUT2D eigenvalue weighted by Gasteiger charge is 2.18. The number of hydrogen-bond donors (Lipinski definition) is 1. The Morgan fingerprint density at radius 2 is 1.96 bits per heavy atom. The molecule has 0 radical (unpaired) electrons. The van der Waals surface area contributed by atoms with E-state index < -0.39 is 10.9 Å². The van der Waals surface area contributed by atoms with Crippen LogP contribution in [-0.4, -0.2) is 30.2 Å². The maximum Gasteiger partial charge on any atom is 0.338 e. The molecule has 0 spiro atoms. The summed E-state index contributed by atoms with van der Waals surface area (Å²) >= 11 is 0. The van der Waals surface area contributed by atoms with Crippen molar-refractivity contribution in [3.05, 3.63) is 70.0 Å². The molecule has 3 aromatic rings. The quantitative estimate of drug-likeness (QED) is 0.373. The van der Waals surface area contributed by atoms with Crippen LogP contribution in [0.2, 0.25) is 0 Å². The van der Waals surface area contributed by atoms with Gasteiger partial charge in [-0.3, -0.25) is 10.1 Å². The van der Waals surface area contributed by atoms with Gasteiger partial charge in [0.25, 0.3) is 5.69 Å². The van der Waals surface area contributed by atoms with Gasteiger partial charge in [-0.25, -0.2) is 4.79 Å². The average Bonchev–Trinajstić information content (AvgIpc) is 3.20. The van der Waals surface area contributed by atoms with Crippen molar-refractivity contribution in [3.8, 4) is 17.0 Å². The van der Waals surface area contributed by atoms with Gasteiger partial charge in [-0.1, -0.05) is 5.16 Å². The van der Waals surface area contributed by atoms with E-state index in [0.29, 0.717) is 17.1 Å². The van der Waals surface area contributed by atoms with E-state index in [-0.39, 0.29) is 17.9 Å². The summed E-state index contributed by atoms with van der Waals surface area (Å²) < 4.78 is 15.5. The monoisotopic (exact) mass is 383 g/mol. The summed E-state index contributed by atoms with van der Waals surface area (Å²) in [4.78, 5) is 22.7. The normalized spacial score (nSPS) is 10.4. The number of rotatable bonds is 7. The number of nitrogens with zero attached hydrogens (tertiary/aromatic N) is 2. The number of esters is 1. The molecule has 2 aromatic carbocycles. The molecule has 0 bridgehead atoms. The first-order valence-corrected chi connectivity index (χ1v) is 8.25. The zero-order valence-corrected chi connectivity index (χ0v) is 15.2. The fraction of sp³-hybridized carbons (Fsp3) is 0.158. The van der Waals surface area contributed by atoms with Gasteiger partial charge in [-0.15, -0.1) is 0 Å². The van der Waals surface area contributed by atoms with Crippen LogP contribution < -0.4 is 10.1 Å². The third-order valence-electron chi connectivity index (χ3n) is 3.99. The van der Waals surface area contributed by atoms with Crippen molar-refractivity contribution in [1.82, 2.24) is 5.16 Å². The predicted octanol–water partition coefficient (Wildman–Crippen LogP) is 3.66. The second-order valence-corrected chi connectivity index (χ2v) is 5.72. The smallest absolute Gasteiger partial charge is 0.338 e. The molecule has 0 fully saturated rings. The molecular weight excluding hydrogens is 366 g/mol. The third-order valence-corrected chi connectivity index (χ3v) is 3.99. The Kier molecular flexibility index (Phi) is 5.54. The Balaban J connectivity index is 1.67. The minimum Gasteiger partial charge on any atom is -0.497 e. The molecule has 28 heavy (non-hydrogen) atoms. The van der Waals surface area contributed by atoms with E-state index in [9.17, 15) is 14.9 Å². The zero-order valence-electron chi connectivity index (χ0n) is 15.2. The van der Waals surface area contributed by atoms with Crippen LogP contribution in [-0.2, 0) is 11.3 Å². The molecule has 0 aliphatic carbocycles. The SMILES string of the molecule is CNc1ccc(C(=O)OCc2cc(-c3ccc(OC)cc3)no2)cc1[N+](=O)[O-]. The molecule has 0 saturated carbocycles. The lowest BCUT2D eigenvalue weighted by atomic mass is 10.1. The number of aromatic nitrogens is 1. The van der Waals surface area contributed by atoms with Gasteiger partial charge in [-0.2, -0.15) is 0 Å². The van der Waals surface area contributed by atoms with Gasteiger partial charge in [0.15, 0.2) is 12.4 Å². The molecule has 0 aliphatic heterocycles. The molecule has 1 heterocycles. The average molecular weight is 383 g/mol. The summed E-state index contributed by atoms with van der Waals surface area (Å²) in [7, 11) is 3.14. The van der Waals surface area contributed by atoms with Crippen molar-refractivity contribution in [3.63, 3.8) is 0 Å². The van der Waals surface area contributed by atoms with Crippen LogP contribution in [0.1, 0.15) is 16.1 Å². The summed E-state index contributed by atoms with van der Waals surface area (Å²) in [5.41, 5.74) is 1.57. The molecule has 0 atom stereocenters. The number of ether oxygens (including phenoxy) is 2. The Morgan fingerprint density at radius 1 is 1.21 bits per heavy atom. The van der Waals surface area contributed by atoms with Gasteiger partial charge in [0.2, 0.25) is 0 Å². The maximum absolute atomic E-state index is 12.2. The van der Waals surface area contributed by atoms with E-state index in [0.717, 1.165) is 17.4 Å². The molecule has 9 nitrogen and oxygen atoms in total. The number of nitro benzene ring substituents is 1. The van der Waals surface area contributed by atoms with E-state index >= 15 is 0 Å². The minimum absolute atomic E-state index is 0.0700. The van der Waals surface area contributed by atoms with Crippen LogP contribution in [0.15, 0.2) is 53.1 Å². The Bertz CT molecular complexity index is 997. The Morgan fingerprint density at radius 3 is 2.61 bits per heavy atom. The van der Waals surface area contributed by atoms with Crippen molar-refractivity contribution in [1.29, 1.82) is 0 Å². The standard InChI is InChI=1S/C19H17N3O6/c1-20-16-8-5-13(9-18(16)22(24)25)19(23)27-11-15-10-17(21-28-15)12-3-6-14(26-2)7-4-12/h3-10,20H,11H2,1-2H3. The number of nitro groups is 1. The number of carbonyl (C=O) groups excluding carboxylic acids is 1. The first-order valence-electron chi connectivity index (χ1n) is 8.25. The first kappa shape index (κ1) is 18.9. The molecule has 0 aliphatic rings. The van der Waals surface area contributed by atoms with Gasteiger partial charge in [0.1, 0.15) is 17.1 Å². The van der Waals surface area contributed by atoms with Gasteiger partial charge >= 0.3 is 5.97 Å². The number of methoxy groups -OCH3 is 1. The molecule has 0 amide bonds. The summed E-state index contributed by atoms with van der Waals surface area (Å²) in [6.45, 7) is -0.149. The van der Waals surface area contributed by atoms with E-state index in [2.05, 4.69) is 10.5 Å². The molecule has 1 aromatic heterocycles. The molecular formula is C19H17N3O6. The summed E-state index contributed by atoms with van der Waals surface area (Å²) in [5.74, 6) is 0.369. The van der Waals surface area contributed by atoms with E-state index in [1.165, 1.54) is 12.1 Å². The van der Waals surface area contributed by atoms with Gasteiger partial charge in [0.05, 0.1) is 17.6 Å². The number of anilines is 1. The van der Waals surface area contributed by atoms with Crippen molar-refractivity contribution in [2.75, 3.05) is 19.5 Å². The lowest BCUT2D eigenvalue weighted by Gasteiger charge is -2.05. The maximum atomic E-state index is 12.2. The summed E-state index contributed by atoms with van der Waals surface area (Å²) in [5, 5.41) is 17.7. The largest absolute Gasteiger partial charge is 0.497 e. The van der Waals surface area contributed by atoms with Gasteiger partial charge in [0, 0.05) is 24.7 Å². The molecule has 144 valence electrons. The van der Waals surface area contributed by atoms with Gasteiger partial charge < -0.3 is 19.3 Å². The van der Waals surface area contributed by atoms with Crippen molar-refractivity contribution < 1.29 is 23.7 Å². The zero-order chi connectivity index (χ0) is 20.1. The number of nitrogens with one attached hydrogen (secondary N) is 1. The first-order chi connectivity index (χ1) is 13.5. The van der Waals surface area contributed by atoms with Crippen LogP contribution in [0, 0.1) is 10.1 Å². The number of benzene rings is 2. The molecule has 0 unspecified atom stereocenters. The highest BCUT2D eigenvalue weighted by atomic mass is 16.6. The molecule has 1 N–H and O–H groups in total. The van der Waals surface area contributed by atoms with Gasteiger partial charge in [-0.05, 0) is 36.4 Å². The second-order valence-electron chi connectivity index (χ2n) is 5.72. The lowest BCUT2D eigenvalue weighted by Crippen LogP contribution is -2.06. The van der Waals surface area contributed by atoms with E-state index in [1.807, 2.05) is 12.1 Å². The van der Waals surface area contributed by atoms with Crippen molar-refractivity contribution in [2.24, 2.45) is 0 Å². The molecule has 3 rings (SSSR count).